The number of hydrogen-bond acceptors (Lipinski definition) is 4. The fraction of sp³-hybridized carbons (Fsp3) is 0.500. The standard InChI is InChI=1S/C4H8N2O4S/c7-4(8)1-2-5-6-3-11(9)10/h3,5H,1-2H2,(H,7,8)(H,9,10). The first-order chi connectivity index (χ1) is 5.13. The highest BCUT2D eigenvalue weighted by molar-refractivity contribution is 7.93. The zero-order valence-corrected chi connectivity index (χ0v) is 6.37. The average molecular weight is 180 g/mol. The zero-order valence-electron chi connectivity index (χ0n) is 5.56. The summed E-state index contributed by atoms with van der Waals surface area (Å²) in [4.78, 5) is 9.90. The van der Waals surface area contributed by atoms with Gasteiger partial charge in [-0.25, -0.2) is 4.21 Å². The lowest BCUT2D eigenvalue weighted by Gasteiger charge is -1.93. The van der Waals surface area contributed by atoms with E-state index in [0.717, 1.165) is 5.55 Å². The minimum absolute atomic E-state index is 0.0740. The van der Waals surface area contributed by atoms with E-state index in [1.54, 1.807) is 0 Å². The molecule has 3 N–H and O–H groups in total. The molecule has 0 heterocycles. The Kier molecular flexibility index (Phi) is 5.30. The van der Waals surface area contributed by atoms with Crippen LogP contribution in [-0.2, 0) is 15.9 Å². The minimum Gasteiger partial charge on any atom is -0.481 e. The van der Waals surface area contributed by atoms with Crippen molar-refractivity contribution >= 4 is 22.6 Å². The predicted octanol–water partition coefficient (Wildman–Crippen LogP) is -0.784. The SMILES string of the molecule is O=C(O)CCNN=CS(=O)O. The van der Waals surface area contributed by atoms with Crippen molar-refractivity contribution in [1.82, 2.24) is 5.43 Å². The Morgan fingerprint density at radius 3 is 2.82 bits per heavy atom. The molecule has 1 unspecified atom stereocenters. The van der Waals surface area contributed by atoms with E-state index in [2.05, 4.69) is 10.5 Å². The Balaban J connectivity index is 3.27. The lowest BCUT2D eigenvalue weighted by atomic mass is 10.4. The van der Waals surface area contributed by atoms with E-state index in [9.17, 15) is 9.00 Å². The summed E-state index contributed by atoms with van der Waals surface area (Å²) < 4.78 is 18.0. The number of nitrogens with one attached hydrogen (secondary N) is 1. The molecular formula is C4H8N2O4S. The molecule has 0 amide bonds. The lowest BCUT2D eigenvalue weighted by molar-refractivity contribution is -0.136. The summed E-state index contributed by atoms with van der Waals surface area (Å²) in [5.41, 5.74) is 3.05. The van der Waals surface area contributed by atoms with E-state index >= 15 is 0 Å². The predicted molar refractivity (Wildman–Crippen MR) is 39.5 cm³/mol. The summed E-state index contributed by atoms with van der Waals surface area (Å²) in [6, 6.07) is 0. The molecule has 0 spiro atoms. The van der Waals surface area contributed by atoms with Crippen LogP contribution in [0.25, 0.3) is 0 Å². The van der Waals surface area contributed by atoms with Gasteiger partial charge in [0.1, 0.15) is 5.55 Å². The van der Waals surface area contributed by atoms with Crippen molar-refractivity contribution < 1.29 is 18.7 Å². The average Bonchev–Trinajstić information content (AvgIpc) is 1.85. The van der Waals surface area contributed by atoms with Crippen molar-refractivity contribution in [3.8, 4) is 0 Å². The fourth-order valence-electron chi connectivity index (χ4n) is 0.310. The molecule has 0 aromatic carbocycles. The van der Waals surface area contributed by atoms with Crippen LogP contribution in [0.15, 0.2) is 5.10 Å². The molecule has 0 radical (unpaired) electrons. The quantitative estimate of drug-likeness (QED) is 0.169. The number of carboxylic acids is 1. The fourth-order valence-corrected chi connectivity index (χ4v) is 0.474. The molecule has 0 rings (SSSR count). The highest BCUT2D eigenvalue weighted by atomic mass is 32.2. The third kappa shape index (κ3) is 9.05. The number of carboxylic acid groups (broad SMARTS) is 1. The van der Waals surface area contributed by atoms with Crippen molar-refractivity contribution in [2.24, 2.45) is 5.10 Å². The van der Waals surface area contributed by atoms with E-state index in [4.69, 9.17) is 9.66 Å². The second kappa shape index (κ2) is 5.81. The Bertz CT molecular complexity index is 181. The zero-order chi connectivity index (χ0) is 8.69. The molecule has 0 aliphatic carbocycles. The molecule has 1 atom stereocenters. The monoisotopic (exact) mass is 180 g/mol. The molecule has 0 aliphatic heterocycles. The number of aliphatic carboxylic acids is 1. The highest BCUT2D eigenvalue weighted by Gasteiger charge is 1.92. The van der Waals surface area contributed by atoms with Crippen LogP contribution in [0.1, 0.15) is 6.42 Å². The summed E-state index contributed by atoms with van der Waals surface area (Å²) >= 11 is -2.08. The van der Waals surface area contributed by atoms with Gasteiger partial charge in [-0.15, -0.1) is 0 Å². The number of hydrazone groups is 1. The Morgan fingerprint density at radius 2 is 2.36 bits per heavy atom. The van der Waals surface area contributed by atoms with Crippen LogP contribution in [0, 0.1) is 0 Å². The Labute approximate surface area is 65.6 Å². The first-order valence-electron chi connectivity index (χ1n) is 2.70. The van der Waals surface area contributed by atoms with Gasteiger partial charge in [-0.05, 0) is 0 Å². The lowest BCUT2D eigenvalue weighted by Crippen LogP contribution is -2.12. The maximum atomic E-state index is 9.90. The number of carbonyl (C=O) groups is 1. The smallest absolute Gasteiger partial charge is 0.305 e. The van der Waals surface area contributed by atoms with Crippen LogP contribution in [0.5, 0.6) is 0 Å². The highest BCUT2D eigenvalue weighted by Crippen LogP contribution is 1.74. The molecule has 0 aliphatic rings. The maximum Gasteiger partial charge on any atom is 0.305 e. The van der Waals surface area contributed by atoms with Gasteiger partial charge in [0, 0.05) is 6.54 Å². The van der Waals surface area contributed by atoms with Gasteiger partial charge in [0.25, 0.3) is 0 Å². The number of nitrogens with zero attached hydrogens (tertiary/aromatic N) is 1. The van der Waals surface area contributed by atoms with Gasteiger partial charge in [-0.1, -0.05) is 0 Å². The summed E-state index contributed by atoms with van der Waals surface area (Å²) in [7, 11) is 0. The summed E-state index contributed by atoms with van der Waals surface area (Å²) in [5, 5.41) is 11.4. The molecule has 7 heteroatoms. The van der Waals surface area contributed by atoms with Crippen molar-refractivity contribution in [1.29, 1.82) is 0 Å². The molecule has 6 nitrogen and oxygen atoms in total. The molecule has 0 fully saturated rings. The van der Waals surface area contributed by atoms with Gasteiger partial charge in [0.2, 0.25) is 0 Å². The summed E-state index contributed by atoms with van der Waals surface area (Å²) in [6.45, 7) is 0.142. The van der Waals surface area contributed by atoms with E-state index in [1.165, 1.54) is 0 Å². The van der Waals surface area contributed by atoms with Crippen molar-refractivity contribution in [3.05, 3.63) is 0 Å². The van der Waals surface area contributed by atoms with Crippen molar-refractivity contribution in [2.75, 3.05) is 6.54 Å². The molecular weight excluding hydrogens is 172 g/mol. The molecule has 0 aromatic rings. The van der Waals surface area contributed by atoms with Gasteiger partial charge in [0.05, 0.1) is 6.42 Å². The second-order valence-electron chi connectivity index (χ2n) is 1.56. The third-order valence-corrected chi connectivity index (χ3v) is 0.971. The van der Waals surface area contributed by atoms with Crippen LogP contribution in [-0.4, -0.2) is 31.9 Å². The largest absolute Gasteiger partial charge is 0.481 e. The van der Waals surface area contributed by atoms with E-state index in [0.29, 0.717) is 0 Å². The second-order valence-corrected chi connectivity index (χ2v) is 2.33. The van der Waals surface area contributed by atoms with Crippen molar-refractivity contribution in [2.45, 2.75) is 6.42 Å². The van der Waals surface area contributed by atoms with Crippen LogP contribution in [0.4, 0.5) is 0 Å². The first-order valence-corrected chi connectivity index (χ1v) is 3.87. The van der Waals surface area contributed by atoms with Crippen molar-refractivity contribution in [3.63, 3.8) is 0 Å². The van der Waals surface area contributed by atoms with Crippen LogP contribution >= 0.6 is 0 Å². The number of rotatable bonds is 5. The molecule has 0 aromatic heterocycles. The van der Waals surface area contributed by atoms with E-state index in [1.807, 2.05) is 0 Å². The van der Waals surface area contributed by atoms with Gasteiger partial charge < -0.3 is 15.1 Å². The molecule has 0 saturated carbocycles. The summed E-state index contributed by atoms with van der Waals surface area (Å²) in [5.74, 6) is -0.946. The van der Waals surface area contributed by atoms with Crippen LogP contribution in [0.3, 0.4) is 0 Å². The van der Waals surface area contributed by atoms with Gasteiger partial charge in [0.15, 0.2) is 11.1 Å². The van der Waals surface area contributed by atoms with Gasteiger partial charge in [-0.2, -0.15) is 5.10 Å². The summed E-state index contributed by atoms with van der Waals surface area (Å²) in [6.07, 6.45) is -0.0740. The third-order valence-electron chi connectivity index (χ3n) is 0.685. The Hall–Kier alpha value is -0.950. The van der Waals surface area contributed by atoms with Gasteiger partial charge >= 0.3 is 5.97 Å². The normalized spacial score (nSPS) is 13.2. The van der Waals surface area contributed by atoms with Crippen LogP contribution < -0.4 is 5.43 Å². The molecule has 11 heavy (non-hydrogen) atoms. The molecule has 0 bridgehead atoms. The first kappa shape index (κ1) is 10.0. The van der Waals surface area contributed by atoms with Crippen LogP contribution in [0.2, 0.25) is 0 Å². The number of hydrogen-bond donors (Lipinski definition) is 3. The Morgan fingerprint density at radius 1 is 1.73 bits per heavy atom. The molecule has 0 saturated heterocycles. The minimum atomic E-state index is -2.08. The van der Waals surface area contributed by atoms with E-state index in [-0.39, 0.29) is 13.0 Å². The maximum absolute atomic E-state index is 9.90. The molecule has 64 valence electrons. The topological polar surface area (TPSA) is 99.0 Å². The van der Waals surface area contributed by atoms with Gasteiger partial charge in [-0.3, -0.25) is 4.79 Å². The van der Waals surface area contributed by atoms with E-state index < -0.39 is 17.0 Å².